The molecule has 2 saturated heterocycles. The van der Waals surface area contributed by atoms with Crippen molar-refractivity contribution in [3.63, 3.8) is 0 Å². The summed E-state index contributed by atoms with van der Waals surface area (Å²) in [5, 5.41) is 0.265. The van der Waals surface area contributed by atoms with E-state index in [-0.39, 0.29) is 16.9 Å². The van der Waals surface area contributed by atoms with E-state index in [1.165, 1.54) is 13.2 Å². The van der Waals surface area contributed by atoms with Gasteiger partial charge in [0.2, 0.25) is 0 Å². The van der Waals surface area contributed by atoms with Gasteiger partial charge in [-0.05, 0) is 37.1 Å². The number of hydrogen-bond acceptors (Lipinski definition) is 4. The Morgan fingerprint density at radius 3 is 2.83 bits per heavy atom. The number of hydrogen-bond donors (Lipinski definition) is 0. The third kappa shape index (κ3) is 3.23. The lowest BCUT2D eigenvalue weighted by molar-refractivity contribution is -0.0113. The molecule has 5 nitrogen and oxygen atoms in total. The second-order valence-corrected chi connectivity index (χ2v) is 6.72. The van der Waals surface area contributed by atoms with Gasteiger partial charge in [-0.3, -0.25) is 4.90 Å². The zero-order valence-electron chi connectivity index (χ0n) is 13.3. The Bertz CT molecular complexity index is 604. The van der Waals surface area contributed by atoms with Crippen molar-refractivity contribution >= 4 is 17.7 Å². The van der Waals surface area contributed by atoms with Crippen molar-refractivity contribution in [2.45, 2.75) is 25.0 Å². The van der Waals surface area contributed by atoms with Crippen LogP contribution in [0, 0.1) is 5.82 Å². The minimum absolute atomic E-state index is 0.0666. The van der Waals surface area contributed by atoms with Crippen molar-refractivity contribution in [1.29, 1.82) is 0 Å². The van der Waals surface area contributed by atoms with E-state index in [9.17, 15) is 9.18 Å². The molecule has 1 amide bonds. The molecule has 1 aromatic rings. The van der Waals surface area contributed by atoms with E-state index in [0.717, 1.165) is 24.9 Å². The Labute approximate surface area is 139 Å². The molecule has 2 fully saturated rings. The minimum atomic E-state index is -0.464. The van der Waals surface area contributed by atoms with Crippen molar-refractivity contribution in [2.24, 2.45) is 0 Å². The largest absolute Gasteiger partial charge is 0.492 e. The maximum Gasteiger partial charge on any atom is 0.410 e. The number of nitrogens with zero attached hydrogens (tertiary/aromatic N) is 2. The Hall–Kier alpha value is -1.53. The van der Waals surface area contributed by atoms with Crippen LogP contribution in [0.4, 0.5) is 9.18 Å². The van der Waals surface area contributed by atoms with E-state index in [4.69, 9.17) is 21.1 Å². The summed E-state index contributed by atoms with van der Waals surface area (Å²) in [7, 11) is 3.14. The molecule has 1 atom stereocenters. The van der Waals surface area contributed by atoms with Crippen LogP contribution in [0.25, 0.3) is 0 Å². The van der Waals surface area contributed by atoms with Crippen LogP contribution in [-0.2, 0) is 11.3 Å². The summed E-state index contributed by atoms with van der Waals surface area (Å²) in [6, 6.07) is 3.16. The lowest BCUT2D eigenvalue weighted by Gasteiger charge is -2.38. The summed E-state index contributed by atoms with van der Waals surface area (Å²) < 4.78 is 24.5. The highest BCUT2D eigenvalue weighted by Gasteiger charge is 2.46. The molecule has 23 heavy (non-hydrogen) atoms. The number of benzene rings is 1. The highest BCUT2D eigenvalue weighted by atomic mass is 35.5. The van der Waals surface area contributed by atoms with Crippen LogP contribution < -0.4 is 4.74 Å². The molecule has 3 rings (SSSR count). The predicted octanol–water partition coefficient (Wildman–Crippen LogP) is 2.90. The van der Waals surface area contributed by atoms with Gasteiger partial charge in [0.05, 0.1) is 18.7 Å². The summed E-state index contributed by atoms with van der Waals surface area (Å²) in [5.74, 6) is -0.398. The molecule has 0 N–H and O–H groups in total. The normalized spacial score (nSPS) is 25.0. The third-order valence-electron chi connectivity index (χ3n) is 4.43. The Morgan fingerprint density at radius 2 is 2.22 bits per heavy atom. The molecule has 1 unspecified atom stereocenters. The molecule has 7 heteroatoms. The number of carbonyl (C=O) groups excluding carboxylic acids is 1. The smallest absolute Gasteiger partial charge is 0.410 e. The van der Waals surface area contributed by atoms with E-state index in [1.54, 1.807) is 18.0 Å². The van der Waals surface area contributed by atoms with Gasteiger partial charge in [0, 0.05) is 20.1 Å². The lowest BCUT2D eigenvalue weighted by atomic mass is 9.92. The van der Waals surface area contributed by atoms with Crippen LogP contribution in [0.3, 0.4) is 0 Å². The van der Waals surface area contributed by atoms with Gasteiger partial charge in [-0.2, -0.15) is 0 Å². The molecule has 1 spiro atoms. The highest BCUT2D eigenvalue weighted by Crippen LogP contribution is 2.33. The van der Waals surface area contributed by atoms with Gasteiger partial charge in [0.1, 0.15) is 5.60 Å². The average molecular weight is 343 g/mol. The van der Waals surface area contributed by atoms with E-state index in [2.05, 4.69) is 4.90 Å². The van der Waals surface area contributed by atoms with Gasteiger partial charge in [-0.25, -0.2) is 9.18 Å². The monoisotopic (exact) mass is 342 g/mol. The van der Waals surface area contributed by atoms with Gasteiger partial charge in [-0.1, -0.05) is 11.6 Å². The highest BCUT2D eigenvalue weighted by molar-refractivity contribution is 6.32. The fourth-order valence-corrected chi connectivity index (χ4v) is 3.79. The molecule has 2 aliphatic heterocycles. The Kier molecular flexibility index (Phi) is 4.38. The predicted molar refractivity (Wildman–Crippen MR) is 84.3 cm³/mol. The topological polar surface area (TPSA) is 42.0 Å². The van der Waals surface area contributed by atoms with Crippen LogP contribution in [0.15, 0.2) is 12.1 Å². The molecule has 0 bridgehead atoms. The van der Waals surface area contributed by atoms with E-state index in [1.807, 2.05) is 0 Å². The number of likely N-dealkylation sites (tertiary alicyclic amines) is 1. The van der Waals surface area contributed by atoms with Gasteiger partial charge in [-0.15, -0.1) is 0 Å². The number of amides is 1. The van der Waals surface area contributed by atoms with Crippen LogP contribution in [-0.4, -0.2) is 55.3 Å². The zero-order valence-corrected chi connectivity index (χ0v) is 14.0. The number of likely N-dealkylation sites (N-methyl/N-ethyl adjacent to an activating group) is 1. The summed E-state index contributed by atoms with van der Waals surface area (Å²) in [4.78, 5) is 15.5. The maximum atomic E-state index is 14.0. The molecular formula is C16H20ClFN2O3. The number of methoxy groups -OCH3 is 1. The van der Waals surface area contributed by atoms with Crippen LogP contribution in [0.5, 0.6) is 5.75 Å². The summed E-state index contributed by atoms with van der Waals surface area (Å²) in [5.41, 5.74) is 0.335. The number of ether oxygens (including phenoxy) is 2. The standard InChI is InChI=1S/C16H20ClFN2O3/c1-19-9-16(23-15(19)21)4-3-5-20(10-16)8-11-6-12(17)14(22-2)13(18)7-11/h6-7H,3-5,8-10H2,1-2H3. The first-order valence-corrected chi connectivity index (χ1v) is 7.99. The van der Waals surface area contributed by atoms with Gasteiger partial charge >= 0.3 is 6.09 Å². The summed E-state index contributed by atoms with van der Waals surface area (Å²) in [6.45, 7) is 2.69. The van der Waals surface area contributed by atoms with Crippen molar-refractivity contribution in [1.82, 2.24) is 9.80 Å². The van der Waals surface area contributed by atoms with E-state index < -0.39 is 11.4 Å². The van der Waals surface area contributed by atoms with Crippen LogP contribution in [0.2, 0.25) is 5.02 Å². The third-order valence-corrected chi connectivity index (χ3v) is 4.71. The van der Waals surface area contributed by atoms with Gasteiger partial charge < -0.3 is 14.4 Å². The molecule has 2 aliphatic rings. The fraction of sp³-hybridized carbons (Fsp3) is 0.562. The second-order valence-electron chi connectivity index (χ2n) is 6.31. The zero-order chi connectivity index (χ0) is 16.6. The number of carbonyl (C=O) groups is 1. The number of rotatable bonds is 3. The molecule has 0 saturated carbocycles. The van der Waals surface area contributed by atoms with Gasteiger partial charge in [0.25, 0.3) is 0 Å². The van der Waals surface area contributed by atoms with Crippen molar-refractivity contribution in [3.8, 4) is 5.75 Å². The number of halogens is 2. The quantitative estimate of drug-likeness (QED) is 0.847. The summed E-state index contributed by atoms with van der Waals surface area (Å²) in [6.07, 6.45) is 1.52. The SMILES string of the molecule is COc1c(F)cc(CN2CCCC3(C2)CN(C)C(=O)O3)cc1Cl. The van der Waals surface area contributed by atoms with Gasteiger partial charge in [0.15, 0.2) is 11.6 Å². The Balaban J connectivity index is 1.72. The molecule has 0 radical (unpaired) electrons. The lowest BCUT2D eigenvalue weighted by Crippen LogP contribution is -2.50. The molecule has 0 aliphatic carbocycles. The van der Waals surface area contributed by atoms with E-state index in [0.29, 0.717) is 19.6 Å². The van der Waals surface area contributed by atoms with Crippen molar-refractivity contribution in [3.05, 3.63) is 28.5 Å². The molecule has 1 aromatic carbocycles. The van der Waals surface area contributed by atoms with E-state index >= 15 is 0 Å². The minimum Gasteiger partial charge on any atom is -0.492 e. The van der Waals surface area contributed by atoms with Crippen molar-refractivity contribution in [2.75, 3.05) is 33.8 Å². The van der Waals surface area contributed by atoms with Crippen LogP contribution in [0.1, 0.15) is 18.4 Å². The molecule has 0 aromatic heterocycles. The molecule has 126 valence electrons. The molecule has 2 heterocycles. The average Bonchev–Trinajstić information content (AvgIpc) is 2.72. The first-order valence-electron chi connectivity index (χ1n) is 7.61. The first-order chi connectivity index (χ1) is 10.9. The fourth-order valence-electron chi connectivity index (χ4n) is 3.49. The van der Waals surface area contributed by atoms with Crippen LogP contribution >= 0.6 is 11.6 Å². The summed E-state index contributed by atoms with van der Waals surface area (Å²) >= 11 is 6.05. The maximum absolute atomic E-state index is 14.0. The van der Waals surface area contributed by atoms with Crippen molar-refractivity contribution < 1.29 is 18.7 Å². The first kappa shape index (κ1) is 16.3. The number of piperidine rings is 1. The molecular weight excluding hydrogens is 323 g/mol. The Morgan fingerprint density at radius 1 is 1.43 bits per heavy atom. The second kappa shape index (κ2) is 6.17.